The van der Waals surface area contributed by atoms with Crippen LogP contribution in [0.3, 0.4) is 0 Å². The van der Waals surface area contributed by atoms with E-state index < -0.39 is 6.09 Å². The molecule has 0 radical (unpaired) electrons. The van der Waals surface area contributed by atoms with Crippen molar-refractivity contribution in [3.05, 3.63) is 0 Å². The zero-order chi connectivity index (χ0) is 10.3. The highest BCUT2D eigenvalue weighted by molar-refractivity contribution is 5.80. The number of ketones is 1. The van der Waals surface area contributed by atoms with Gasteiger partial charge in [-0.05, 0) is 12.8 Å². The summed E-state index contributed by atoms with van der Waals surface area (Å²) in [5.41, 5.74) is 4.75. The Morgan fingerprint density at radius 1 is 1.31 bits per heavy atom. The van der Waals surface area contributed by atoms with Crippen molar-refractivity contribution in [1.82, 2.24) is 0 Å². The van der Waals surface area contributed by atoms with Crippen LogP contribution in [0.5, 0.6) is 0 Å². The van der Waals surface area contributed by atoms with Gasteiger partial charge in [-0.15, -0.1) is 0 Å². The van der Waals surface area contributed by atoms with Gasteiger partial charge in [-0.25, -0.2) is 4.79 Å². The number of ether oxygens (including phenoxy) is 1. The largest absolute Gasteiger partial charge is 0.450 e. The molecule has 0 atom stereocenters. The summed E-state index contributed by atoms with van der Waals surface area (Å²) in [7, 11) is 0. The summed E-state index contributed by atoms with van der Waals surface area (Å²) in [5.74, 6) is 0.344. The molecule has 0 fully saturated rings. The Balaban J connectivity index is 3.26. The second kappa shape index (κ2) is 6.46. The first-order chi connectivity index (χ1) is 6.04. The van der Waals surface area contributed by atoms with E-state index in [2.05, 4.69) is 4.74 Å². The maximum Gasteiger partial charge on any atom is 0.404 e. The summed E-state index contributed by atoms with van der Waals surface area (Å²) in [6.07, 6.45) is 1.25. The van der Waals surface area contributed by atoms with Crippen LogP contribution in [0.25, 0.3) is 0 Å². The zero-order valence-corrected chi connectivity index (χ0v) is 8.21. The van der Waals surface area contributed by atoms with E-state index in [-0.39, 0.29) is 11.7 Å². The number of nitrogens with two attached hydrogens (primary N) is 1. The molecule has 0 spiro atoms. The van der Waals surface area contributed by atoms with Crippen LogP contribution >= 0.6 is 0 Å². The number of carbonyl (C=O) groups excluding carboxylic acids is 2. The van der Waals surface area contributed by atoms with E-state index in [0.29, 0.717) is 19.4 Å². The summed E-state index contributed by atoms with van der Waals surface area (Å²) in [6.45, 7) is 4.06. The van der Waals surface area contributed by atoms with E-state index in [9.17, 15) is 9.59 Å². The number of carbonyl (C=O) groups is 2. The fraction of sp³-hybridized carbons (Fsp3) is 0.778. The van der Waals surface area contributed by atoms with E-state index >= 15 is 0 Å². The molecule has 1 amide bonds. The SMILES string of the molecule is CC(C)C(=O)CCCCOC(N)=O. The highest BCUT2D eigenvalue weighted by atomic mass is 16.5. The smallest absolute Gasteiger partial charge is 0.404 e. The van der Waals surface area contributed by atoms with Crippen LogP contribution in [0, 0.1) is 5.92 Å². The predicted octanol–water partition coefficient (Wildman–Crippen LogP) is 1.48. The third-order valence-electron chi connectivity index (χ3n) is 1.71. The van der Waals surface area contributed by atoms with Crippen LogP contribution in [0.15, 0.2) is 0 Å². The number of primary amides is 1. The lowest BCUT2D eigenvalue weighted by Crippen LogP contribution is -2.14. The maximum atomic E-state index is 11.1. The lowest BCUT2D eigenvalue weighted by atomic mass is 10.0. The van der Waals surface area contributed by atoms with E-state index in [0.717, 1.165) is 6.42 Å². The minimum atomic E-state index is -0.754. The molecule has 0 heterocycles. The number of Topliss-reactive ketones (excluding diaryl/α,β-unsaturated/α-hetero) is 1. The highest BCUT2D eigenvalue weighted by Crippen LogP contribution is 2.03. The molecule has 0 saturated carbocycles. The second-order valence-corrected chi connectivity index (χ2v) is 3.25. The molecule has 0 aliphatic carbocycles. The van der Waals surface area contributed by atoms with Crippen LogP contribution in [0.2, 0.25) is 0 Å². The Labute approximate surface area is 78.4 Å². The van der Waals surface area contributed by atoms with Gasteiger partial charge in [0, 0.05) is 12.3 Å². The van der Waals surface area contributed by atoms with Gasteiger partial charge in [0.25, 0.3) is 0 Å². The van der Waals surface area contributed by atoms with Gasteiger partial charge in [-0.1, -0.05) is 13.8 Å². The van der Waals surface area contributed by atoms with Crippen molar-refractivity contribution in [1.29, 1.82) is 0 Å². The van der Waals surface area contributed by atoms with E-state index in [1.165, 1.54) is 0 Å². The van der Waals surface area contributed by atoms with Crippen molar-refractivity contribution in [3.63, 3.8) is 0 Å². The Morgan fingerprint density at radius 2 is 1.92 bits per heavy atom. The minimum Gasteiger partial charge on any atom is -0.450 e. The monoisotopic (exact) mass is 187 g/mol. The van der Waals surface area contributed by atoms with Gasteiger partial charge in [0.05, 0.1) is 6.61 Å². The third kappa shape index (κ3) is 7.31. The van der Waals surface area contributed by atoms with Gasteiger partial charge >= 0.3 is 6.09 Å². The summed E-state index contributed by atoms with van der Waals surface area (Å²) in [4.78, 5) is 21.2. The molecule has 13 heavy (non-hydrogen) atoms. The van der Waals surface area contributed by atoms with Crippen LogP contribution in [0.1, 0.15) is 33.1 Å². The lowest BCUT2D eigenvalue weighted by molar-refractivity contribution is -0.122. The van der Waals surface area contributed by atoms with Gasteiger partial charge < -0.3 is 10.5 Å². The first-order valence-electron chi connectivity index (χ1n) is 4.49. The van der Waals surface area contributed by atoms with E-state index in [4.69, 9.17) is 5.73 Å². The molecule has 2 N–H and O–H groups in total. The molecule has 0 saturated heterocycles. The maximum absolute atomic E-state index is 11.1. The van der Waals surface area contributed by atoms with Crippen molar-refractivity contribution >= 4 is 11.9 Å². The van der Waals surface area contributed by atoms with Gasteiger partial charge in [0.1, 0.15) is 5.78 Å². The highest BCUT2D eigenvalue weighted by Gasteiger charge is 2.05. The molecule has 0 aromatic carbocycles. The fourth-order valence-corrected chi connectivity index (χ4v) is 0.863. The number of rotatable bonds is 6. The number of unbranched alkanes of at least 4 members (excludes halogenated alkanes) is 1. The molecular formula is C9H17NO3. The average Bonchev–Trinajstić information content (AvgIpc) is 2.02. The van der Waals surface area contributed by atoms with Gasteiger partial charge in [0.15, 0.2) is 0 Å². The summed E-state index contributed by atoms with van der Waals surface area (Å²) >= 11 is 0. The second-order valence-electron chi connectivity index (χ2n) is 3.25. The average molecular weight is 187 g/mol. The molecule has 0 unspecified atom stereocenters. The van der Waals surface area contributed by atoms with Crippen LogP contribution < -0.4 is 5.73 Å². The van der Waals surface area contributed by atoms with Crippen LogP contribution in [-0.4, -0.2) is 18.5 Å². The zero-order valence-electron chi connectivity index (χ0n) is 8.21. The lowest BCUT2D eigenvalue weighted by Gasteiger charge is -2.03. The first kappa shape index (κ1) is 11.9. The van der Waals surface area contributed by atoms with Crippen molar-refractivity contribution in [2.75, 3.05) is 6.61 Å². The Bertz CT molecular complexity index is 178. The number of hydrogen-bond acceptors (Lipinski definition) is 3. The normalized spacial score (nSPS) is 10.1. The first-order valence-corrected chi connectivity index (χ1v) is 4.49. The van der Waals surface area contributed by atoms with Gasteiger partial charge in [-0.2, -0.15) is 0 Å². The number of hydrogen-bond donors (Lipinski definition) is 1. The van der Waals surface area contributed by atoms with Crippen molar-refractivity contribution in [3.8, 4) is 0 Å². The van der Waals surface area contributed by atoms with Crippen molar-refractivity contribution in [2.24, 2.45) is 11.7 Å². The quantitative estimate of drug-likeness (QED) is 0.640. The standard InChI is InChI=1S/C9H17NO3/c1-7(2)8(11)5-3-4-6-13-9(10)12/h7H,3-6H2,1-2H3,(H2,10,12). The molecular weight excluding hydrogens is 170 g/mol. The topological polar surface area (TPSA) is 69.4 Å². The molecule has 4 heteroatoms. The molecule has 0 aliphatic rings. The van der Waals surface area contributed by atoms with E-state index in [1.54, 1.807) is 0 Å². The minimum absolute atomic E-state index is 0.0945. The summed E-state index contributed by atoms with van der Waals surface area (Å²) in [5, 5.41) is 0. The van der Waals surface area contributed by atoms with Gasteiger partial charge in [0.2, 0.25) is 0 Å². The molecule has 0 bridgehead atoms. The van der Waals surface area contributed by atoms with E-state index in [1.807, 2.05) is 13.8 Å². The molecule has 0 aromatic heterocycles. The van der Waals surface area contributed by atoms with Crippen molar-refractivity contribution < 1.29 is 14.3 Å². The van der Waals surface area contributed by atoms with Gasteiger partial charge in [-0.3, -0.25) is 4.79 Å². The molecule has 0 aliphatic heterocycles. The van der Waals surface area contributed by atoms with Crippen LogP contribution in [0.4, 0.5) is 4.79 Å². The number of amides is 1. The predicted molar refractivity (Wildman–Crippen MR) is 49.2 cm³/mol. The Hall–Kier alpha value is -1.06. The van der Waals surface area contributed by atoms with Crippen LogP contribution in [-0.2, 0) is 9.53 Å². The molecule has 0 rings (SSSR count). The molecule has 4 nitrogen and oxygen atoms in total. The van der Waals surface area contributed by atoms with Crippen molar-refractivity contribution in [2.45, 2.75) is 33.1 Å². The Kier molecular flexibility index (Phi) is 5.93. The summed E-state index contributed by atoms with van der Waals surface area (Å²) < 4.78 is 4.51. The summed E-state index contributed by atoms with van der Waals surface area (Å²) in [6, 6.07) is 0. The molecule has 0 aromatic rings. The Morgan fingerprint density at radius 3 is 2.38 bits per heavy atom. The third-order valence-corrected chi connectivity index (χ3v) is 1.71. The molecule has 76 valence electrons. The fourth-order valence-electron chi connectivity index (χ4n) is 0.863.